The quantitative estimate of drug-likeness (QED) is 0.845. The van der Waals surface area contributed by atoms with Gasteiger partial charge in [0.25, 0.3) is 0 Å². The summed E-state index contributed by atoms with van der Waals surface area (Å²) in [5.74, 6) is 0.436. The van der Waals surface area contributed by atoms with Crippen LogP contribution in [0.4, 0.5) is 0 Å². The van der Waals surface area contributed by atoms with E-state index in [1.807, 2.05) is 0 Å². The van der Waals surface area contributed by atoms with E-state index in [0.29, 0.717) is 17.4 Å². The van der Waals surface area contributed by atoms with Crippen LogP contribution in [0.2, 0.25) is 0 Å². The first-order valence-corrected chi connectivity index (χ1v) is 8.84. The Hall–Kier alpha value is -0.470. The van der Waals surface area contributed by atoms with Gasteiger partial charge in [0.05, 0.1) is 4.90 Å². The van der Waals surface area contributed by atoms with Crippen LogP contribution in [0.3, 0.4) is 0 Å². The Labute approximate surface area is 118 Å². The molecule has 1 saturated heterocycles. The topological polar surface area (TPSA) is 75.4 Å². The molecule has 1 aromatic rings. The van der Waals surface area contributed by atoms with E-state index in [4.69, 9.17) is 5.73 Å². The molecule has 3 N–H and O–H groups in total. The molecule has 0 spiro atoms. The molecule has 1 aromatic heterocycles. The van der Waals surface area contributed by atoms with Crippen LogP contribution in [0.1, 0.15) is 17.7 Å². The largest absolute Gasteiger partial charge is 0.326 e. The van der Waals surface area contributed by atoms with Crippen molar-refractivity contribution in [1.82, 2.24) is 9.62 Å². The first-order valence-electron chi connectivity index (χ1n) is 6.47. The fourth-order valence-electron chi connectivity index (χ4n) is 2.29. The van der Waals surface area contributed by atoms with Crippen molar-refractivity contribution in [3.63, 3.8) is 0 Å². The molecule has 0 aliphatic carbocycles. The highest BCUT2D eigenvalue weighted by Crippen LogP contribution is 2.22. The summed E-state index contributed by atoms with van der Waals surface area (Å²) in [6.45, 7) is 2.87. The second kappa shape index (κ2) is 6.32. The maximum atomic E-state index is 12.2. The van der Waals surface area contributed by atoms with Gasteiger partial charge >= 0.3 is 0 Å². The van der Waals surface area contributed by atoms with Gasteiger partial charge in [0.15, 0.2) is 0 Å². The summed E-state index contributed by atoms with van der Waals surface area (Å²) in [6.07, 6.45) is 2.10. The zero-order valence-corrected chi connectivity index (χ0v) is 12.8. The monoisotopic (exact) mass is 303 g/mol. The minimum Gasteiger partial charge on any atom is -0.326 e. The standard InChI is InChI=1S/C12H21N3O2S2/c1-15-5-2-10(3-6-15)9-14-19(16,17)12-4-7-18-11(12)8-13/h4,7,10,14H,2-3,5-6,8-9,13H2,1H3. The smallest absolute Gasteiger partial charge is 0.241 e. The minimum atomic E-state index is -3.41. The maximum Gasteiger partial charge on any atom is 0.241 e. The number of rotatable bonds is 5. The Kier molecular flexibility index (Phi) is 4.97. The van der Waals surface area contributed by atoms with Crippen molar-refractivity contribution in [2.75, 3.05) is 26.7 Å². The summed E-state index contributed by atoms with van der Waals surface area (Å²) < 4.78 is 27.1. The average Bonchev–Trinajstić information content (AvgIpc) is 2.87. The van der Waals surface area contributed by atoms with E-state index in [0.717, 1.165) is 30.8 Å². The zero-order valence-electron chi connectivity index (χ0n) is 11.1. The van der Waals surface area contributed by atoms with Crippen molar-refractivity contribution in [1.29, 1.82) is 0 Å². The molecule has 2 heterocycles. The molecule has 0 aromatic carbocycles. The van der Waals surface area contributed by atoms with Gasteiger partial charge < -0.3 is 10.6 Å². The molecule has 0 saturated carbocycles. The summed E-state index contributed by atoms with van der Waals surface area (Å²) in [7, 11) is -1.31. The van der Waals surface area contributed by atoms with E-state index >= 15 is 0 Å². The van der Waals surface area contributed by atoms with Crippen molar-refractivity contribution < 1.29 is 8.42 Å². The van der Waals surface area contributed by atoms with Gasteiger partial charge in [-0.1, -0.05) is 0 Å². The molecule has 0 radical (unpaired) electrons. The molecule has 0 atom stereocenters. The number of nitrogens with one attached hydrogen (secondary N) is 1. The van der Waals surface area contributed by atoms with Crippen LogP contribution in [0.5, 0.6) is 0 Å². The molecule has 0 bridgehead atoms. The SMILES string of the molecule is CN1CCC(CNS(=O)(=O)c2ccsc2CN)CC1. The number of nitrogens with zero attached hydrogens (tertiary/aromatic N) is 1. The lowest BCUT2D eigenvalue weighted by Gasteiger charge is -2.28. The second-order valence-electron chi connectivity index (χ2n) is 5.01. The van der Waals surface area contributed by atoms with E-state index in [2.05, 4.69) is 16.7 Å². The molecule has 0 unspecified atom stereocenters. The highest BCUT2D eigenvalue weighted by molar-refractivity contribution is 7.89. The number of likely N-dealkylation sites (tertiary alicyclic amines) is 1. The van der Waals surface area contributed by atoms with Crippen molar-refractivity contribution >= 4 is 21.4 Å². The Bertz CT molecular complexity index is 505. The van der Waals surface area contributed by atoms with Crippen LogP contribution in [0.25, 0.3) is 0 Å². The third-order valence-corrected chi connectivity index (χ3v) is 6.16. The molecule has 7 heteroatoms. The van der Waals surface area contributed by atoms with E-state index in [9.17, 15) is 8.42 Å². The van der Waals surface area contributed by atoms with Gasteiger partial charge in [0.1, 0.15) is 0 Å². The Balaban J connectivity index is 1.95. The molecule has 19 heavy (non-hydrogen) atoms. The summed E-state index contributed by atoms with van der Waals surface area (Å²) >= 11 is 1.39. The van der Waals surface area contributed by atoms with E-state index < -0.39 is 10.0 Å². The van der Waals surface area contributed by atoms with Crippen LogP contribution >= 0.6 is 11.3 Å². The van der Waals surface area contributed by atoms with Gasteiger partial charge in [-0.2, -0.15) is 0 Å². The van der Waals surface area contributed by atoms with Crippen molar-refractivity contribution in [2.45, 2.75) is 24.3 Å². The summed E-state index contributed by atoms with van der Waals surface area (Å²) in [5.41, 5.74) is 5.56. The van der Waals surface area contributed by atoms with E-state index in [-0.39, 0.29) is 6.54 Å². The molecule has 1 fully saturated rings. The second-order valence-corrected chi connectivity index (χ2v) is 7.75. The van der Waals surface area contributed by atoms with Gasteiger partial charge in [-0.3, -0.25) is 0 Å². The highest BCUT2D eigenvalue weighted by Gasteiger charge is 2.22. The zero-order chi connectivity index (χ0) is 13.9. The molecule has 2 rings (SSSR count). The fourth-order valence-corrected chi connectivity index (χ4v) is 4.74. The van der Waals surface area contributed by atoms with Gasteiger partial charge in [-0.15, -0.1) is 11.3 Å². The maximum absolute atomic E-state index is 12.2. The average molecular weight is 303 g/mol. The molecular weight excluding hydrogens is 282 g/mol. The number of thiophene rings is 1. The van der Waals surface area contributed by atoms with E-state index in [1.165, 1.54) is 11.3 Å². The lowest BCUT2D eigenvalue weighted by Crippen LogP contribution is -2.37. The summed E-state index contributed by atoms with van der Waals surface area (Å²) in [6, 6.07) is 1.63. The first-order chi connectivity index (χ1) is 9.03. The third kappa shape index (κ3) is 3.76. The molecule has 108 valence electrons. The van der Waals surface area contributed by atoms with E-state index in [1.54, 1.807) is 11.4 Å². The number of nitrogens with two attached hydrogens (primary N) is 1. The lowest BCUT2D eigenvalue weighted by molar-refractivity contribution is 0.220. The number of hydrogen-bond acceptors (Lipinski definition) is 5. The Morgan fingerprint density at radius 1 is 1.47 bits per heavy atom. The predicted octanol–water partition coefficient (Wildman–Crippen LogP) is 0.827. The van der Waals surface area contributed by atoms with Crippen LogP contribution in [-0.4, -0.2) is 40.0 Å². The molecule has 0 amide bonds. The first kappa shape index (κ1) is 14.9. The Morgan fingerprint density at radius 2 is 2.16 bits per heavy atom. The van der Waals surface area contributed by atoms with Gasteiger partial charge in [-0.25, -0.2) is 13.1 Å². The minimum absolute atomic E-state index is 0.266. The van der Waals surface area contributed by atoms with Crippen molar-refractivity contribution in [3.8, 4) is 0 Å². The fraction of sp³-hybridized carbons (Fsp3) is 0.667. The predicted molar refractivity (Wildman–Crippen MR) is 77.6 cm³/mol. The summed E-state index contributed by atoms with van der Waals surface area (Å²) in [5, 5.41) is 1.77. The van der Waals surface area contributed by atoms with Gasteiger partial charge in [0.2, 0.25) is 10.0 Å². The Morgan fingerprint density at radius 3 is 2.79 bits per heavy atom. The van der Waals surface area contributed by atoms with Gasteiger partial charge in [0, 0.05) is 18.0 Å². The van der Waals surface area contributed by atoms with Crippen LogP contribution < -0.4 is 10.5 Å². The summed E-state index contributed by atoms with van der Waals surface area (Å²) in [4.78, 5) is 3.33. The number of sulfonamides is 1. The number of hydrogen-bond donors (Lipinski definition) is 2. The van der Waals surface area contributed by atoms with Crippen molar-refractivity contribution in [2.24, 2.45) is 11.7 Å². The van der Waals surface area contributed by atoms with Crippen LogP contribution in [0.15, 0.2) is 16.3 Å². The lowest BCUT2D eigenvalue weighted by atomic mass is 9.98. The van der Waals surface area contributed by atoms with Crippen LogP contribution in [-0.2, 0) is 16.6 Å². The molecular formula is C12H21N3O2S2. The number of piperidine rings is 1. The third-order valence-electron chi connectivity index (χ3n) is 3.58. The highest BCUT2D eigenvalue weighted by atomic mass is 32.2. The van der Waals surface area contributed by atoms with Crippen molar-refractivity contribution in [3.05, 3.63) is 16.3 Å². The molecule has 5 nitrogen and oxygen atoms in total. The van der Waals surface area contributed by atoms with Gasteiger partial charge in [-0.05, 0) is 50.3 Å². The normalized spacial score (nSPS) is 18.8. The molecule has 1 aliphatic heterocycles. The van der Waals surface area contributed by atoms with Crippen LogP contribution in [0, 0.1) is 5.92 Å². The molecule has 1 aliphatic rings.